The highest BCUT2D eigenvalue weighted by Crippen LogP contribution is 2.47. The fourth-order valence-corrected chi connectivity index (χ4v) is 7.63. The van der Waals surface area contributed by atoms with Gasteiger partial charge in [0.15, 0.2) is 11.6 Å². The van der Waals surface area contributed by atoms with E-state index >= 15 is 0 Å². The molecular formula is C45H33F3N4. The summed E-state index contributed by atoms with van der Waals surface area (Å²) >= 11 is 0. The van der Waals surface area contributed by atoms with Crippen molar-refractivity contribution in [2.24, 2.45) is 0 Å². The van der Waals surface area contributed by atoms with E-state index in [2.05, 4.69) is 41.0 Å². The molecule has 0 aliphatic rings. The summed E-state index contributed by atoms with van der Waals surface area (Å²) in [6.07, 6.45) is 2.69. The maximum atomic E-state index is 14.4. The monoisotopic (exact) mass is 686 g/mol. The predicted octanol–water partition coefficient (Wildman–Crippen LogP) is 10.4. The van der Waals surface area contributed by atoms with Gasteiger partial charge < -0.3 is 9.13 Å². The zero-order chi connectivity index (χ0) is 35.6. The van der Waals surface area contributed by atoms with Crippen molar-refractivity contribution in [2.45, 2.75) is 17.3 Å². The van der Waals surface area contributed by atoms with Gasteiger partial charge in [0.05, 0.1) is 5.56 Å². The molecule has 2 heterocycles. The van der Waals surface area contributed by atoms with Crippen LogP contribution in [0.4, 0.5) is 13.2 Å². The van der Waals surface area contributed by atoms with Crippen LogP contribution in [0.15, 0.2) is 201 Å². The molecule has 8 aromatic rings. The molecule has 0 spiro atoms. The number of benzene rings is 6. The second-order valence-corrected chi connectivity index (χ2v) is 12.6. The highest BCUT2D eigenvalue weighted by Gasteiger charge is 2.44. The van der Waals surface area contributed by atoms with E-state index in [0.29, 0.717) is 17.2 Å². The minimum Gasteiger partial charge on any atom is -0.310 e. The average Bonchev–Trinajstić information content (AvgIpc) is 3.89. The molecule has 0 radical (unpaired) electrons. The van der Waals surface area contributed by atoms with Crippen molar-refractivity contribution < 1.29 is 13.2 Å². The normalized spacial score (nSPS) is 12.1. The molecule has 0 fully saturated rings. The van der Waals surface area contributed by atoms with Gasteiger partial charge in [-0.3, -0.25) is 0 Å². The standard InChI is InChI=1S/C45H33F3N4/c46-45(47,48)40-28-16-27-39(33-40)44(37-23-12-4-13-24-37,38-25-14-5-15-26-38)52-32-30-50-42(52)41-49-29-31-51(41)43(34-17-6-1-7-18-34,35-19-8-2-9-20-35)36-21-10-3-11-22-36/h1-33H. The average molecular weight is 687 g/mol. The molecule has 0 atom stereocenters. The van der Waals surface area contributed by atoms with Crippen molar-refractivity contribution in [3.63, 3.8) is 0 Å². The third-order valence-corrected chi connectivity index (χ3v) is 9.77. The Labute approximate surface area is 300 Å². The molecule has 254 valence electrons. The van der Waals surface area contributed by atoms with Gasteiger partial charge in [-0.1, -0.05) is 164 Å². The van der Waals surface area contributed by atoms with Crippen LogP contribution in [0.3, 0.4) is 0 Å². The molecule has 0 aliphatic carbocycles. The van der Waals surface area contributed by atoms with Gasteiger partial charge in [-0.2, -0.15) is 13.2 Å². The van der Waals surface area contributed by atoms with Crippen LogP contribution < -0.4 is 0 Å². The Balaban J connectivity index is 1.48. The zero-order valence-electron chi connectivity index (χ0n) is 28.0. The van der Waals surface area contributed by atoms with Gasteiger partial charge >= 0.3 is 6.18 Å². The van der Waals surface area contributed by atoms with E-state index in [-0.39, 0.29) is 0 Å². The largest absolute Gasteiger partial charge is 0.416 e. The lowest BCUT2D eigenvalue weighted by Crippen LogP contribution is -2.40. The molecule has 52 heavy (non-hydrogen) atoms. The third kappa shape index (κ3) is 5.33. The van der Waals surface area contributed by atoms with E-state index in [1.54, 1.807) is 18.5 Å². The molecule has 0 N–H and O–H groups in total. The Morgan fingerprint density at radius 3 is 0.962 bits per heavy atom. The van der Waals surface area contributed by atoms with Gasteiger partial charge in [0.25, 0.3) is 0 Å². The van der Waals surface area contributed by atoms with Gasteiger partial charge in [-0.05, 0) is 45.5 Å². The Hall–Kier alpha value is -6.47. The lowest BCUT2D eigenvalue weighted by atomic mass is 9.75. The first-order chi connectivity index (χ1) is 25.4. The van der Waals surface area contributed by atoms with Crippen LogP contribution in [0, 0.1) is 0 Å². The molecule has 0 amide bonds. The number of imidazole rings is 2. The van der Waals surface area contributed by atoms with Crippen molar-refractivity contribution in [3.8, 4) is 11.6 Å². The number of nitrogens with zero attached hydrogens (tertiary/aromatic N) is 4. The molecule has 0 bridgehead atoms. The molecule has 0 saturated heterocycles. The molecule has 6 aromatic carbocycles. The SMILES string of the molecule is FC(F)(F)c1cccc(C(c2ccccc2)(c2ccccc2)n2ccnc2-c2nccn2C(c2ccccc2)(c2ccccc2)c2ccccc2)c1. The van der Waals surface area contributed by atoms with Crippen molar-refractivity contribution in [3.05, 3.63) is 240 Å². The fraction of sp³-hybridized carbons (Fsp3) is 0.0667. The topological polar surface area (TPSA) is 35.6 Å². The first kappa shape index (κ1) is 32.7. The van der Waals surface area contributed by atoms with E-state index in [4.69, 9.17) is 9.97 Å². The lowest BCUT2D eigenvalue weighted by molar-refractivity contribution is -0.137. The van der Waals surface area contributed by atoms with Gasteiger partial charge in [0.2, 0.25) is 0 Å². The second-order valence-electron chi connectivity index (χ2n) is 12.6. The number of rotatable bonds is 9. The molecule has 2 aromatic heterocycles. The summed E-state index contributed by atoms with van der Waals surface area (Å²) in [7, 11) is 0. The van der Waals surface area contributed by atoms with Crippen LogP contribution in [0.2, 0.25) is 0 Å². The number of alkyl halides is 3. The maximum Gasteiger partial charge on any atom is 0.416 e. The first-order valence-electron chi connectivity index (χ1n) is 17.0. The zero-order valence-corrected chi connectivity index (χ0v) is 28.0. The Kier molecular flexibility index (Phi) is 8.39. The predicted molar refractivity (Wildman–Crippen MR) is 198 cm³/mol. The van der Waals surface area contributed by atoms with Gasteiger partial charge in [-0.25, -0.2) is 9.97 Å². The molecule has 7 heteroatoms. The Bertz CT molecular complexity index is 2250. The summed E-state index contributed by atoms with van der Waals surface area (Å²) < 4.78 is 47.4. The smallest absolute Gasteiger partial charge is 0.310 e. The van der Waals surface area contributed by atoms with Crippen LogP contribution in [0.25, 0.3) is 11.6 Å². The van der Waals surface area contributed by atoms with E-state index in [0.717, 1.165) is 33.9 Å². The van der Waals surface area contributed by atoms with E-state index in [9.17, 15) is 13.2 Å². The molecule has 0 saturated carbocycles. The van der Waals surface area contributed by atoms with Crippen LogP contribution in [-0.2, 0) is 17.3 Å². The summed E-state index contributed by atoms with van der Waals surface area (Å²) in [4.78, 5) is 10.00. The third-order valence-electron chi connectivity index (χ3n) is 9.77. The summed E-state index contributed by atoms with van der Waals surface area (Å²) in [6.45, 7) is 0. The Morgan fingerprint density at radius 1 is 0.346 bits per heavy atom. The van der Waals surface area contributed by atoms with E-state index in [1.807, 2.05) is 132 Å². The lowest BCUT2D eigenvalue weighted by Gasteiger charge is -2.40. The second kappa shape index (κ2) is 13.3. The van der Waals surface area contributed by atoms with Gasteiger partial charge in [0.1, 0.15) is 11.1 Å². The van der Waals surface area contributed by atoms with Crippen molar-refractivity contribution in [1.29, 1.82) is 0 Å². The quantitative estimate of drug-likeness (QED) is 0.142. The minimum absolute atomic E-state index is 0.428. The van der Waals surface area contributed by atoms with Crippen LogP contribution in [-0.4, -0.2) is 19.1 Å². The van der Waals surface area contributed by atoms with Crippen LogP contribution in [0.1, 0.15) is 38.9 Å². The van der Waals surface area contributed by atoms with Crippen molar-refractivity contribution in [2.75, 3.05) is 0 Å². The van der Waals surface area contributed by atoms with E-state index in [1.165, 1.54) is 12.1 Å². The summed E-state index contributed by atoms with van der Waals surface area (Å²) in [5.74, 6) is 1.01. The molecule has 0 aliphatic heterocycles. The number of hydrogen-bond acceptors (Lipinski definition) is 2. The minimum atomic E-state index is -4.55. The molecular weight excluding hydrogens is 654 g/mol. The summed E-state index contributed by atoms with van der Waals surface area (Å²) in [6, 6.07) is 55.6. The van der Waals surface area contributed by atoms with Crippen LogP contribution in [0.5, 0.6) is 0 Å². The van der Waals surface area contributed by atoms with Crippen molar-refractivity contribution >= 4 is 0 Å². The van der Waals surface area contributed by atoms with Gasteiger partial charge in [-0.15, -0.1) is 0 Å². The van der Waals surface area contributed by atoms with E-state index < -0.39 is 22.8 Å². The summed E-state index contributed by atoms with van der Waals surface area (Å²) in [5.41, 5.74) is 2.02. The Morgan fingerprint density at radius 2 is 0.635 bits per heavy atom. The fourth-order valence-electron chi connectivity index (χ4n) is 7.63. The first-order valence-corrected chi connectivity index (χ1v) is 17.0. The van der Waals surface area contributed by atoms with Crippen LogP contribution >= 0.6 is 0 Å². The molecule has 0 unspecified atom stereocenters. The summed E-state index contributed by atoms with van der Waals surface area (Å²) in [5, 5.41) is 0. The molecule has 8 rings (SSSR count). The van der Waals surface area contributed by atoms with Gasteiger partial charge in [0, 0.05) is 24.8 Å². The molecule has 4 nitrogen and oxygen atoms in total. The number of hydrogen-bond donors (Lipinski definition) is 0. The van der Waals surface area contributed by atoms with Crippen molar-refractivity contribution in [1.82, 2.24) is 19.1 Å². The number of aromatic nitrogens is 4. The highest BCUT2D eigenvalue weighted by atomic mass is 19.4. The number of halogens is 3. The maximum absolute atomic E-state index is 14.4. The highest BCUT2D eigenvalue weighted by molar-refractivity contribution is 5.60.